The maximum absolute atomic E-state index is 11.9. The Balaban J connectivity index is 1.87. The second-order valence-electron chi connectivity index (χ2n) is 5.39. The van der Waals surface area contributed by atoms with Crippen LogP contribution in [0.25, 0.3) is 6.08 Å². The molecule has 0 aliphatic heterocycles. The van der Waals surface area contributed by atoms with Crippen molar-refractivity contribution in [2.24, 2.45) is 0 Å². The third-order valence-electron chi connectivity index (χ3n) is 3.45. The third kappa shape index (κ3) is 6.11. The van der Waals surface area contributed by atoms with E-state index in [-0.39, 0.29) is 11.9 Å². The smallest absolute Gasteiger partial charge is 0.337 e. The summed E-state index contributed by atoms with van der Waals surface area (Å²) in [5.74, 6) is -0.660. The number of carbonyl (C=O) groups is 2. The first-order chi connectivity index (χ1) is 12.1. The summed E-state index contributed by atoms with van der Waals surface area (Å²) in [6.07, 6.45) is 7.39. The van der Waals surface area contributed by atoms with Gasteiger partial charge < -0.3 is 4.74 Å². The number of unbranched alkanes of at least 4 members (excludes halogenated alkanes) is 2. The Kier molecular flexibility index (Phi) is 7.28. The quantitative estimate of drug-likeness (QED) is 0.441. The predicted molar refractivity (Wildman–Crippen MR) is 98.6 cm³/mol. The van der Waals surface area contributed by atoms with Crippen LogP contribution in [0.1, 0.15) is 47.1 Å². The van der Waals surface area contributed by atoms with E-state index in [0.717, 1.165) is 29.8 Å². The molecule has 6 nitrogen and oxygen atoms in total. The molecular weight excluding hydrogens is 338 g/mol. The molecule has 2 aromatic rings. The molecule has 0 fully saturated rings. The molecule has 0 unspecified atom stereocenters. The number of hydrogen-bond acceptors (Lipinski definition) is 6. The van der Waals surface area contributed by atoms with Gasteiger partial charge in [-0.1, -0.05) is 43.2 Å². The molecule has 0 spiro atoms. The summed E-state index contributed by atoms with van der Waals surface area (Å²) in [6, 6.07) is 6.78. The molecule has 0 saturated heterocycles. The van der Waals surface area contributed by atoms with Gasteiger partial charge in [0.05, 0.1) is 12.7 Å². The first kappa shape index (κ1) is 18.8. The van der Waals surface area contributed by atoms with Crippen LogP contribution < -0.4 is 5.32 Å². The Morgan fingerprint density at radius 2 is 1.96 bits per heavy atom. The van der Waals surface area contributed by atoms with Crippen molar-refractivity contribution in [3.63, 3.8) is 0 Å². The third-order valence-corrected chi connectivity index (χ3v) is 4.35. The van der Waals surface area contributed by atoms with Gasteiger partial charge in [-0.05, 0) is 30.2 Å². The van der Waals surface area contributed by atoms with Crippen LogP contribution in [0.3, 0.4) is 0 Å². The Morgan fingerprint density at radius 1 is 1.20 bits per heavy atom. The predicted octanol–water partition coefficient (Wildman–Crippen LogP) is 3.71. The first-order valence-corrected chi connectivity index (χ1v) is 8.94. The number of aryl methyl sites for hydroxylation is 1. The molecular formula is C18H21N3O3S. The zero-order valence-electron chi connectivity index (χ0n) is 14.3. The molecule has 0 bridgehead atoms. The molecule has 2 rings (SSSR count). The van der Waals surface area contributed by atoms with Gasteiger partial charge in [-0.2, -0.15) is 0 Å². The normalized spacial score (nSPS) is 10.8. The van der Waals surface area contributed by atoms with Gasteiger partial charge in [0.25, 0.3) is 0 Å². The van der Waals surface area contributed by atoms with Crippen LogP contribution in [0.15, 0.2) is 30.3 Å². The van der Waals surface area contributed by atoms with E-state index >= 15 is 0 Å². The molecule has 0 aliphatic rings. The number of esters is 1. The van der Waals surface area contributed by atoms with Gasteiger partial charge in [0.2, 0.25) is 11.0 Å². The Hall–Kier alpha value is -2.54. The number of methoxy groups -OCH3 is 1. The highest BCUT2D eigenvalue weighted by molar-refractivity contribution is 7.15. The van der Waals surface area contributed by atoms with Gasteiger partial charge in [0.15, 0.2) is 0 Å². The van der Waals surface area contributed by atoms with Gasteiger partial charge in [0, 0.05) is 12.5 Å². The van der Waals surface area contributed by atoms with Crippen molar-refractivity contribution in [1.82, 2.24) is 10.2 Å². The Bertz CT molecular complexity index is 738. The average Bonchev–Trinajstić information content (AvgIpc) is 3.07. The van der Waals surface area contributed by atoms with E-state index in [2.05, 4.69) is 27.2 Å². The number of ether oxygens (including phenoxy) is 1. The van der Waals surface area contributed by atoms with Gasteiger partial charge in [-0.15, -0.1) is 10.2 Å². The summed E-state index contributed by atoms with van der Waals surface area (Å²) in [5.41, 5.74) is 1.27. The lowest BCUT2D eigenvalue weighted by atomic mass is 10.1. The van der Waals surface area contributed by atoms with Crippen LogP contribution in [0.5, 0.6) is 0 Å². The van der Waals surface area contributed by atoms with Crippen molar-refractivity contribution in [2.45, 2.75) is 32.6 Å². The number of nitrogens with zero attached hydrogens (tertiary/aromatic N) is 2. The van der Waals surface area contributed by atoms with Crippen LogP contribution in [0.2, 0.25) is 0 Å². The summed E-state index contributed by atoms with van der Waals surface area (Å²) in [5, 5.41) is 12.2. The van der Waals surface area contributed by atoms with E-state index in [4.69, 9.17) is 0 Å². The second-order valence-corrected chi connectivity index (χ2v) is 6.46. The van der Waals surface area contributed by atoms with Crippen LogP contribution in [-0.4, -0.2) is 29.2 Å². The molecule has 1 aromatic heterocycles. The minimum absolute atomic E-state index is 0.270. The summed E-state index contributed by atoms with van der Waals surface area (Å²) in [6.45, 7) is 2.15. The lowest BCUT2D eigenvalue weighted by Gasteiger charge is -1.99. The van der Waals surface area contributed by atoms with Crippen molar-refractivity contribution >= 4 is 34.4 Å². The van der Waals surface area contributed by atoms with Crippen molar-refractivity contribution in [2.75, 3.05) is 12.4 Å². The fourth-order valence-electron chi connectivity index (χ4n) is 2.10. The highest BCUT2D eigenvalue weighted by Crippen LogP contribution is 2.17. The number of hydrogen-bond donors (Lipinski definition) is 1. The molecule has 1 heterocycles. The molecule has 0 atom stereocenters. The van der Waals surface area contributed by atoms with E-state index in [1.54, 1.807) is 30.3 Å². The van der Waals surface area contributed by atoms with Crippen molar-refractivity contribution < 1.29 is 14.3 Å². The molecule has 1 N–H and O–H groups in total. The van der Waals surface area contributed by atoms with Gasteiger partial charge in [0.1, 0.15) is 5.01 Å². The summed E-state index contributed by atoms with van der Waals surface area (Å²) in [7, 11) is 1.34. The zero-order valence-corrected chi connectivity index (χ0v) is 15.1. The number of aromatic nitrogens is 2. The molecule has 25 heavy (non-hydrogen) atoms. The van der Waals surface area contributed by atoms with Crippen LogP contribution in [0, 0.1) is 0 Å². The number of rotatable bonds is 8. The Morgan fingerprint density at radius 3 is 2.64 bits per heavy atom. The average molecular weight is 359 g/mol. The monoisotopic (exact) mass is 359 g/mol. The fourth-order valence-corrected chi connectivity index (χ4v) is 2.88. The van der Waals surface area contributed by atoms with Gasteiger partial charge >= 0.3 is 5.97 Å². The summed E-state index contributed by atoms with van der Waals surface area (Å²) in [4.78, 5) is 23.3. The maximum atomic E-state index is 11.9. The molecule has 1 amide bonds. The largest absolute Gasteiger partial charge is 0.465 e. The second kappa shape index (κ2) is 9.68. The number of anilines is 1. The molecule has 0 radical (unpaired) electrons. The first-order valence-electron chi connectivity index (χ1n) is 8.12. The molecule has 1 aromatic carbocycles. The standard InChI is InChI=1S/C18H21N3O3S/c1-3-4-5-6-16-20-21-18(25-16)19-15(22)12-9-13-7-10-14(11-8-13)17(23)24-2/h7-12H,3-6H2,1-2H3,(H,19,21,22)/b12-9+. The molecule has 132 valence electrons. The molecule has 0 aliphatic carbocycles. The highest BCUT2D eigenvalue weighted by Gasteiger charge is 2.06. The number of benzene rings is 1. The van der Waals surface area contributed by atoms with E-state index in [0.29, 0.717) is 10.7 Å². The van der Waals surface area contributed by atoms with Crippen LogP contribution in [0.4, 0.5) is 5.13 Å². The minimum atomic E-state index is -0.390. The van der Waals surface area contributed by atoms with E-state index in [9.17, 15) is 9.59 Å². The van der Waals surface area contributed by atoms with Gasteiger partial charge in [-0.3, -0.25) is 10.1 Å². The van der Waals surface area contributed by atoms with E-state index < -0.39 is 0 Å². The lowest BCUT2D eigenvalue weighted by molar-refractivity contribution is -0.111. The number of nitrogens with one attached hydrogen (secondary N) is 1. The van der Waals surface area contributed by atoms with Crippen molar-refractivity contribution in [1.29, 1.82) is 0 Å². The van der Waals surface area contributed by atoms with Crippen molar-refractivity contribution in [3.05, 3.63) is 46.5 Å². The topological polar surface area (TPSA) is 81.2 Å². The fraction of sp³-hybridized carbons (Fsp3) is 0.333. The molecule has 7 heteroatoms. The summed E-state index contributed by atoms with van der Waals surface area (Å²) >= 11 is 1.40. The van der Waals surface area contributed by atoms with Crippen molar-refractivity contribution in [3.8, 4) is 0 Å². The number of carbonyl (C=O) groups excluding carboxylic acids is 2. The van der Waals surface area contributed by atoms with Crippen LogP contribution >= 0.6 is 11.3 Å². The van der Waals surface area contributed by atoms with Gasteiger partial charge in [-0.25, -0.2) is 4.79 Å². The summed E-state index contributed by atoms with van der Waals surface area (Å²) < 4.78 is 4.64. The minimum Gasteiger partial charge on any atom is -0.465 e. The van der Waals surface area contributed by atoms with E-state index in [1.165, 1.54) is 30.9 Å². The lowest BCUT2D eigenvalue weighted by Crippen LogP contribution is -2.07. The zero-order chi connectivity index (χ0) is 18.1. The number of amides is 1. The van der Waals surface area contributed by atoms with E-state index in [1.807, 2.05) is 0 Å². The van der Waals surface area contributed by atoms with Crippen LogP contribution in [-0.2, 0) is 16.0 Å². The highest BCUT2D eigenvalue weighted by atomic mass is 32.1. The molecule has 0 saturated carbocycles. The maximum Gasteiger partial charge on any atom is 0.337 e. The Labute approximate surface area is 150 Å². The SMILES string of the molecule is CCCCCc1nnc(NC(=O)/C=C/c2ccc(C(=O)OC)cc2)s1.